The molecule has 0 saturated heterocycles. The molecule has 0 spiro atoms. The summed E-state index contributed by atoms with van der Waals surface area (Å²) in [6.07, 6.45) is 3.42. The first-order valence-corrected chi connectivity index (χ1v) is 6.00. The average Bonchev–Trinajstić information content (AvgIpc) is 2.88. The van der Waals surface area contributed by atoms with Gasteiger partial charge in [0.2, 0.25) is 5.88 Å². The molecule has 0 aliphatic carbocycles. The zero-order valence-electron chi connectivity index (χ0n) is 10.4. The summed E-state index contributed by atoms with van der Waals surface area (Å²) in [5, 5.41) is 12.8. The van der Waals surface area contributed by atoms with Gasteiger partial charge >= 0.3 is 5.97 Å². The van der Waals surface area contributed by atoms with Crippen LogP contribution in [0.3, 0.4) is 0 Å². The van der Waals surface area contributed by atoms with Gasteiger partial charge in [0.25, 0.3) is 0 Å². The van der Waals surface area contributed by atoms with Crippen molar-refractivity contribution in [2.45, 2.75) is 6.42 Å². The zero-order chi connectivity index (χ0) is 13.9. The van der Waals surface area contributed by atoms with Gasteiger partial charge in [-0.25, -0.2) is 4.52 Å². The van der Waals surface area contributed by atoms with E-state index in [1.54, 1.807) is 53.3 Å². The average molecular weight is 269 g/mol. The highest BCUT2D eigenvalue weighted by Crippen LogP contribution is 2.20. The maximum atomic E-state index is 10.6. The van der Waals surface area contributed by atoms with Crippen molar-refractivity contribution in [3.05, 3.63) is 54.4 Å². The monoisotopic (exact) mass is 269 g/mol. The maximum Gasteiger partial charge on any atom is 0.307 e. The first-order chi connectivity index (χ1) is 9.70. The molecule has 3 rings (SSSR count). The van der Waals surface area contributed by atoms with Crippen LogP contribution in [0.15, 0.2) is 48.8 Å². The number of aromatic nitrogens is 3. The molecule has 0 fully saturated rings. The van der Waals surface area contributed by atoms with Crippen molar-refractivity contribution in [2.75, 3.05) is 0 Å². The van der Waals surface area contributed by atoms with Crippen molar-refractivity contribution in [1.82, 2.24) is 14.6 Å². The SMILES string of the molecule is O=C(O)Cc1ccc(Oc2ccn3nccc3n2)cc1. The van der Waals surface area contributed by atoms with Gasteiger partial charge in [0.05, 0.1) is 12.6 Å². The Hall–Kier alpha value is -2.89. The summed E-state index contributed by atoms with van der Waals surface area (Å²) in [6, 6.07) is 10.4. The van der Waals surface area contributed by atoms with Gasteiger partial charge in [-0.15, -0.1) is 0 Å². The minimum Gasteiger partial charge on any atom is -0.481 e. The number of ether oxygens (including phenoxy) is 1. The molecule has 2 heterocycles. The molecule has 0 unspecified atom stereocenters. The van der Waals surface area contributed by atoms with Crippen LogP contribution in [0.5, 0.6) is 11.6 Å². The maximum absolute atomic E-state index is 10.6. The van der Waals surface area contributed by atoms with Crippen molar-refractivity contribution < 1.29 is 14.6 Å². The predicted octanol–water partition coefficient (Wildman–Crippen LogP) is 2.15. The van der Waals surface area contributed by atoms with Gasteiger partial charge in [-0.1, -0.05) is 12.1 Å². The lowest BCUT2D eigenvalue weighted by Crippen LogP contribution is -1.99. The summed E-state index contributed by atoms with van der Waals surface area (Å²) in [5.74, 6) is 0.214. The highest BCUT2D eigenvalue weighted by Gasteiger charge is 2.03. The molecule has 1 aromatic carbocycles. The quantitative estimate of drug-likeness (QED) is 0.785. The van der Waals surface area contributed by atoms with Crippen LogP contribution >= 0.6 is 0 Å². The largest absolute Gasteiger partial charge is 0.481 e. The van der Waals surface area contributed by atoms with E-state index < -0.39 is 5.97 Å². The summed E-state index contributed by atoms with van der Waals surface area (Å²) in [4.78, 5) is 14.9. The Labute approximate surface area is 114 Å². The van der Waals surface area contributed by atoms with Gasteiger partial charge in [-0.3, -0.25) is 4.79 Å². The summed E-state index contributed by atoms with van der Waals surface area (Å²) in [5.41, 5.74) is 1.43. The molecule has 6 nitrogen and oxygen atoms in total. The minimum absolute atomic E-state index is 0.000311. The van der Waals surface area contributed by atoms with Crippen molar-refractivity contribution in [2.24, 2.45) is 0 Å². The van der Waals surface area contributed by atoms with Crippen molar-refractivity contribution in [1.29, 1.82) is 0 Å². The van der Waals surface area contributed by atoms with E-state index in [-0.39, 0.29) is 6.42 Å². The van der Waals surface area contributed by atoms with Crippen LogP contribution < -0.4 is 4.74 Å². The smallest absolute Gasteiger partial charge is 0.307 e. The van der Waals surface area contributed by atoms with Crippen LogP contribution in [0, 0.1) is 0 Å². The normalized spacial score (nSPS) is 10.6. The van der Waals surface area contributed by atoms with Crippen LogP contribution in [0.1, 0.15) is 5.56 Å². The number of carbonyl (C=O) groups is 1. The Morgan fingerprint density at radius 2 is 2.00 bits per heavy atom. The molecule has 0 saturated carbocycles. The van der Waals surface area contributed by atoms with Gasteiger partial charge in [0.15, 0.2) is 5.65 Å². The predicted molar refractivity (Wildman–Crippen MR) is 70.8 cm³/mol. The van der Waals surface area contributed by atoms with Crippen LogP contribution in [0.2, 0.25) is 0 Å². The zero-order valence-corrected chi connectivity index (χ0v) is 10.4. The minimum atomic E-state index is -0.855. The van der Waals surface area contributed by atoms with Gasteiger partial charge in [-0.2, -0.15) is 10.1 Å². The standard InChI is InChI=1S/C14H11N3O3/c18-14(19)9-10-1-3-11(4-2-10)20-13-6-8-17-12(16-13)5-7-15-17/h1-8H,9H2,(H,18,19). The second kappa shape index (κ2) is 5.00. The number of hydrogen-bond acceptors (Lipinski definition) is 4. The fraction of sp³-hybridized carbons (Fsp3) is 0.0714. The topological polar surface area (TPSA) is 76.7 Å². The van der Waals surface area contributed by atoms with Crippen molar-refractivity contribution in [3.63, 3.8) is 0 Å². The highest BCUT2D eigenvalue weighted by atomic mass is 16.5. The number of aliphatic carboxylic acids is 1. The Bertz CT molecular complexity index is 750. The molecular formula is C14H11N3O3. The van der Waals surface area contributed by atoms with E-state index in [9.17, 15) is 4.79 Å². The van der Waals surface area contributed by atoms with Gasteiger partial charge in [0, 0.05) is 18.3 Å². The van der Waals surface area contributed by atoms with Crippen LogP contribution in [-0.2, 0) is 11.2 Å². The second-order valence-electron chi connectivity index (χ2n) is 4.22. The Morgan fingerprint density at radius 3 is 2.75 bits per heavy atom. The van der Waals surface area contributed by atoms with Crippen molar-refractivity contribution in [3.8, 4) is 11.6 Å². The Morgan fingerprint density at radius 1 is 1.20 bits per heavy atom. The van der Waals surface area contributed by atoms with Crippen molar-refractivity contribution >= 4 is 11.6 Å². The number of hydrogen-bond donors (Lipinski definition) is 1. The molecule has 6 heteroatoms. The molecule has 0 aliphatic rings. The number of fused-ring (bicyclic) bond motifs is 1. The van der Waals surface area contributed by atoms with E-state index in [1.807, 2.05) is 0 Å². The number of carboxylic acids is 1. The molecule has 0 bridgehead atoms. The van der Waals surface area contributed by atoms with E-state index >= 15 is 0 Å². The third kappa shape index (κ3) is 2.59. The number of nitrogens with zero attached hydrogens (tertiary/aromatic N) is 3. The van der Waals surface area contributed by atoms with Crippen LogP contribution in [0.4, 0.5) is 0 Å². The van der Waals surface area contributed by atoms with Crippen LogP contribution in [-0.4, -0.2) is 25.7 Å². The molecule has 20 heavy (non-hydrogen) atoms. The van der Waals surface area contributed by atoms with E-state index in [0.717, 1.165) is 5.56 Å². The lowest BCUT2D eigenvalue weighted by atomic mass is 10.1. The molecule has 3 aromatic rings. The molecule has 0 amide bonds. The van der Waals surface area contributed by atoms with Gasteiger partial charge in [0.1, 0.15) is 5.75 Å². The lowest BCUT2D eigenvalue weighted by molar-refractivity contribution is -0.136. The fourth-order valence-corrected chi connectivity index (χ4v) is 1.82. The fourth-order valence-electron chi connectivity index (χ4n) is 1.82. The third-order valence-corrected chi connectivity index (χ3v) is 2.73. The van der Waals surface area contributed by atoms with Crippen LogP contribution in [0.25, 0.3) is 5.65 Å². The molecule has 1 N–H and O–H groups in total. The first kappa shape index (κ1) is 12.2. The highest BCUT2D eigenvalue weighted by molar-refractivity contribution is 5.70. The summed E-state index contributed by atoms with van der Waals surface area (Å²) in [6.45, 7) is 0. The number of rotatable bonds is 4. The van der Waals surface area contributed by atoms with E-state index in [0.29, 0.717) is 17.3 Å². The van der Waals surface area contributed by atoms with E-state index in [2.05, 4.69) is 10.1 Å². The third-order valence-electron chi connectivity index (χ3n) is 2.73. The first-order valence-electron chi connectivity index (χ1n) is 6.00. The second-order valence-corrected chi connectivity index (χ2v) is 4.22. The summed E-state index contributed by atoms with van der Waals surface area (Å²) < 4.78 is 7.26. The van der Waals surface area contributed by atoms with Gasteiger partial charge < -0.3 is 9.84 Å². The molecular weight excluding hydrogens is 258 g/mol. The molecule has 0 radical (unpaired) electrons. The lowest BCUT2D eigenvalue weighted by Gasteiger charge is -2.05. The molecule has 2 aromatic heterocycles. The summed E-state index contributed by atoms with van der Waals surface area (Å²) in [7, 11) is 0. The molecule has 100 valence electrons. The number of carboxylic acid groups (broad SMARTS) is 1. The molecule has 0 aliphatic heterocycles. The Balaban J connectivity index is 1.78. The van der Waals surface area contributed by atoms with E-state index in [4.69, 9.17) is 9.84 Å². The molecule has 0 atom stereocenters. The number of benzene rings is 1. The Kier molecular flexibility index (Phi) is 3.04. The summed E-state index contributed by atoms with van der Waals surface area (Å²) >= 11 is 0. The van der Waals surface area contributed by atoms with E-state index in [1.165, 1.54) is 0 Å². The van der Waals surface area contributed by atoms with Gasteiger partial charge in [-0.05, 0) is 17.7 Å².